The molecule has 0 aliphatic carbocycles. The Kier molecular flexibility index (Phi) is 6.69. The molecule has 0 radical (unpaired) electrons. The number of nitrogens with one attached hydrogen (secondary N) is 2. The van der Waals surface area contributed by atoms with Gasteiger partial charge in [-0.3, -0.25) is 9.59 Å². The molecule has 1 aliphatic rings. The van der Waals surface area contributed by atoms with Crippen LogP contribution in [0.1, 0.15) is 22.4 Å². The molecule has 1 atom stereocenters. The molecule has 3 heterocycles. The molecule has 1 aromatic carbocycles. The normalized spacial score (nSPS) is 14.8. The third-order valence-corrected chi connectivity index (χ3v) is 6.27. The van der Waals surface area contributed by atoms with Gasteiger partial charge in [-0.05, 0) is 30.7 Å². The zero-order valence-corrected chi connectivity index (χ0v) is 18.1. The lowest BCUT2D eigenvalue weighted by molar-refractivity contribution is -0.122. The van der Waals surface area contributed by atoms with E-state index in [1.807, 2.05) is 36.4 Å². The fourth-order valence-electron chi connectivity index (χ4n) is 3.39. The molecule has 162 valence electrons. The Morgan fingerprint density at radius 2 is 1.90 bits per heavy atom. The second-order valence-electron chi connectivity index (χ2n) is 7.29. The summed E-state index contributed by atoms with van der Waals surface area (Å²) in [7, 11) is 0. The molecule has 2 aromatic heterocycles. The van der Waals surface area contributed by atoms with Crippen molar-refractivity contribution >= 4 is 28.2 Å². The summed E-state index contributed by atoms with van der Waals surface area (Å²) in [6.07, 6.45) is 1.56. The molecule has 4 rings (SSSR count). The van der Waals surface area contributed by atoms with Gasteiger partial charge >= 0.3 is 0 Å². The topological polar surface area (TPSA) is 83.8 Å². The first-order chi connectivity index (χ1) is 15.1. The van der Waals surface area contributed by atoms with Gasteiger partial charge in [0.05, 0.1) is 35.9 Å². The van der Waals surface area contributed by atoms with Gasteiger partial charge < -0.3 is 24.7 Å². The van der Waals surface area contributed by atoms with Crippen molar-refractivity contribution < 1.29 is 18.7 Å². The van der Waals surface area contributed by atoms with Crippen LogP contribution in [0.3, 0.4) is 0 Å². The van der Waals surface area contributed by atoms with E-state index in [-0.39, 0.29) is 18.4 Å². The van der Waals surface area contributed by atoms with Crippen molar-refractivity contribution in [2.45, 2.75) is 19.5 Å². The SMILES string of the molecule is CC(NC(=O)c1cc(-c2ccccc2)c(N2CCOCC2)s1)C(=O)NCc1ccco1. The Morgan fingerprint density at radius 1 is 1.13 bits per heavy atom. The van der Waals surface area contributed by atoms with Gasteiger partial charge in [-0.2, -0.15) is 0 Å². The molecule has 1 fully saturated rings. The highest BCUT2D eigenvalue weighted by atomic mass is 32.1. The average molecular weight is 440 g/mol. The van der Waals surface area contributed by atoms with E-state index >= 15 is 0 Å². The molecule has 7 nitrogen and oxygen atoms in total. The van der Waals surface area contributed by atoms with Crippen LogP contribution < -0.4 is 15.5 Å². The van der Waals surface area contributed by atoms with Crippen molar-refractivity contribution in [2.24, 2.45) is 0 Å². The number of carbonyl (C=O) groups is 2. The van der Waals surface area contributed by atoms with Crippen LogP contribution in [0.25, 0.3) is 11.1 Å². The van der Waals surface area contributed by atoms with Gasteiger partial charge in [0.25, 0.3) is 5.91 Å². The lowest BCUT2D eigenvalue weighted by Gasteiger charge is -2.28. The molecule has 1 saturated heterocycles. The van der Waals surface area contributed by atoms with Gasteiger partial charge in [-0.1, -0.05) is 30.3 Å². The van der Waals surface area contributed by atoms with E-state index in [0.717, 1.165) is 29.2 Å². The van der Waals surface area contributed by atoms with E-state index < -0.39 is 6.04 Å². The van der Waals surface area contributed by atoms with Crippen LogP contribution in [0.4, 0.5) is 5.00 Å². The summed E-state index contributed by atoms with van der Waals surface area (Å²) in [5.74, 6) is 0.133. The minimum atomic E-state index is -0.670. The van der Waals surface area contributed by atoms with E-state index in [9.17, 15) is 9.59 Å². The van der Waals surface area contributed by atoms with Crippen molar-refractivity contribution in [1.82, 2.24) is 10.6 Å². The average Bonchev–Trinajstić information content (AvgIpc) is 3.49. The molecule has 1 aliphatic heterocycles. The Bertz CT molecular complexity index is 1010. The number of hydrogen-bond donors (Lipinski definition) is 2. The van der Waals surface area contributed by atoms with E-state index in [0.29, 0.717) is 23.9 Å². The number of hydrogen-bond acceptors (Lipinski definition) is 6. The number of nitrogens with zero attached hydrogens (tertiary/aromatic N) is 1. The number of anilines is 1. The highest BCUT2D eigenvalue weighted by Crippen LogP contribution is 2.39. The Hall–Kier alpha value is -3.10. The largest absolute Gasteiger partial charge is 0.467 e. The third kappa shape index (κ3) is 5.15. The summed E-state index contributed by atoms with van der Waals surface area (Å²) >= 11 is 1.45. The predicted octanol–water partition coefficient (Wildman–Crippen LogP) is 3.28. The lowest BCUT2D eigenvalue weighted by atomic mass is 10.1. The molecule has 0 bridgehead atoms. The van der Waals surface area contributed by atoms with Gasteiger partial charge in [0.2, 0.25) is 5.91 Å². The number of furan rings is 1. The Labute approximate surface area is 185 Å². The number of benzene rings is 1. The quantitative estimate of drug-likeness (QED) is 0.590. The molecular weight excluding hydrogens is 414 g/mol. The van der Waals surface area contributed by atoms with Crippen LogP contribution in [0.15, 0.2) is 59.2 Å². The fraction of sp³-hybridized carbons (Fsp3) is 0.304. The number of morpholine rings is 1. The summed E-state index contributed by atoms with van der Waals surface area (Å²) in [5.41, 5.74) is 2.08. The molecule has 0 saturated carbocycles. The first-order valence-corrected chi connectivity index (χ1v) is 11.1. The molecule has 1 unspecified atom stereocenters. The third-order valence-electron chi connectivity index (χ3n) is 5.08. The Morgan fingerprint density at radius 3 is 2.61 bits per heavy atom. The molecule has 8 heteroatoms. The minimum absolute atomic E-state index is 0.262. The first-order valence-electron chi connectivity index (χ1n) is 10.2. The molecule has 2 N–H and O–H groups in total. The molecule has 0 spiro atoms. The standard InChI is InChI=1S/C23H25N3O4S/c1-16(21(27)24-15-18-8-5-11-30-18)25-22(28)20-14-19(17-6-3-2-4-7-17)23(31-20)26-9-12-29-13-10-26/h2-8,11,14,16H,9-10,12-13,15H2,1H3,(H,24,27)(H,25,28). The van der Waals surface area contributed by atoms with Gasteiger partial charge in [0, 0.05) is 18.7 Å². The summed E-state index contributed by atoms with van der Waals surface area (Å²) in [6.45, 7) is 4.86. The van der Waals surface area contributed by atoms with Crippen LogP contribution in [-0.4, -0.2) is 44.2 Å². The minimum Gasteiger partial charge on any atom is -0.467 e. The zero-order valence-electron chi connectivity index (χ0n) is 17.3. The molecular formula is C23H25N3O4S. The highest BCUT2D eigenvalue weighted by molar-refractivity contribution is 7.18. The number of amides is 2. The van der Waals surface area contributed by atoms with Crippen LogP contribution in [-0.2, 0) is 16.1 Å². The summed E-state index contributed by atoms with van der Waals surface area (Å²) in [5, 5.41) is 6.63. The lowest BCUT2D eigenvalue weighted by Crippen LogP contribution is -2.44. The molecule has 3 aromatic rings. The van der Waals surface area contributed by atoms with Crippen LogP contribution in [0, 0.1) is 0 Å². The maximum Gasteiger partial charge on any atom is 0.262 e. The monoisotopic (exact) mass is 439 g/mol. The van der Waals surface area contributed by atoms with Crippen LogP contribution >= 0.6 is 11.3 Å². The van der Waals surface area contributed by atoms with Gasteiger partial charge in [-0.15, -0.1) is 11.3 Å². The second kappa shape index (κ2) is 9.80. The number of ether oxygens (including phenoxy) is 1. The van der Waals surface area contributed by atoms with E-state index in [4.69, 9.17) is 9.15 Å². The van der Waals surface area contributed by atoms with Crippen molar-refractivity contribution in [2.75, 3.05) is 31.2 Å². The number of carbonyl (C=O) groups excluding carboxylic acids is 2. The van der Waals surface area contributed by atoms with E-state index in [1.54, 1.807) is 25.3 Å². The first kappa shape index (κ1) is 21.1. The highest BCUT2D eigenvalue weighted by Gasteiger charge is 2.23. The van der Waals surface area contributed by atoms with E-state index in [1.165, 1.54) is 11.3 Å². The summed E-state index contributed by atoms with van der Waals surface area (Å²) in [6, 6.07) is 14.8. The van der Waals surface area contributed by atoms with Crippen molar-refractivity contribution in [1.29, 1.82) is 0 Å². The molecule has 31 heavy (non-hydrogen) atoms. The molecule has 2 amide bonds. The van der Waals surface area contributed by atoms with Crippen molar-refractivity contribution in [3.05, 3.63) is 65.4 Å². The van der Waals surface area contributed by atoms with Crippen molar-refractivity contribution in [3.8, 4) is 11.1 Å². The van der Waals surface area contributed by atoms with Crippen LogP contribution in [0.5, 0.6) is 0 Å². The van der Waals surface area contributed by atoms with E-state index in [2.05, 4.69) is 15.5 Å². The van der Waals surface area contributed by atoms with Gasteiger partial charge in [0.1, 0.15) is 11.8 Å². The maximum absolute atomic E-state index is 12.9. The summed E-state index contributed by atoms with van der Waals surface area (Å²) in [4.78, 5) is 28.1. The fourth-order valence-corrected chi connectivity index (χ4v) is 4.53. The van der Waals surface area contributed by atoms with Crippen LogP contribution in [0.2, 0.25) is 0 Å². The Balaban J connectivity index is 1.48. The predicted molar refractivity (Wildman–Crippen MR) is 120 cm³/mol. The van der Waals surface area contributed by atoms with Gasteiger partial charge in [-0.25, -0.2) is 0 Å². The van der Waals surface area contributed by atoms with Crippen molar-refractivity contribution in [3.63, 3.8) is 0 Å². The number of thiophene rings is 1. The summed E-state index contributed by atoms with van der Waals surface area (Å²) < 4.78 is 10.7. The zero-order chi connectivity index (χ0) is 21.6. The second-order valence-corrected chi connectivity index (χ2v) is 8.32. The number of rotatable bonds is 7. The van der Waals surface area contributed by atoms with Gasteiger partial charge in [0.15, 0.2) is 0 Å². The smallest absolute Gasteiger partial charge is 0.262 e. The maximum atomic E-state index is 12.9.